The van der Waals surface area contributed by atoms with Crippen LogP contribution >= 0.6 is 11.6 Å². The van der Waals surface area contributed by atoms with Crippen molar-refractivity contribution in [2.75, 3.05) is 0 Å². The van der Waals surface area contributed by atoms with E-state index in [0.717, 1.165) is 6.07 Å². The number of carbonyl (C=O) groups excluding carboxylic acids is 2. The third-order valence-corrected chi connectivity index (χ3v) is 8.11. The zero-order valence-electron chi connectivity index (χ0n) is 21.2. The van der Waals surface area contributed by atoms with Crippen molar-refractivity contribution < 1.29 is 28.2 Å². The Labute approximate surface area is 219 Å². The molecule has 0 aromatic heterocycles. The van der Waals surface area contributed by atoms with E-state index in [0.29, 0.717) is 24.8 Å². The Balaban J connectivity index is 1.69. The first-order valence-corrected chi connectivity index (χ1v) is 12.9. The minimum Gasteiger partial charge on any atom is -0.425 e. The molecule has 0 radical (unpaired) electrons. The summed E-state index contributed by atoms with van der Waals surface area (Å²) >= 11 is 6.17. The maximum absolute atomic E-state index is 15.7. The summed E-state index contributed by atoms with van der Waals surface area (Å²) in [5, 5.41) is 16.3. The standard InChI is InChI=1S/C28H31ClF2N2O4/c1-26(2,3)13-20-28(17-9-8-14(30)10-19(17)37-25(28)35)21(16-6-5-7-18(29)22(16)31)23(33-20)24(34)32-15-11-27(4,36)12-15/h5-10,15,20-21,23,33,36H,11-13H2,1-4H3,(H,32,34)/t15-,20-,21+,23-,27+,28+/m1/s1. The van der Waals surface area contributed by atoms with Gasteiger partial charge in [-0.3, -0.25) is 9.59 Å². The molecule has 6 nitrogen and oxygen atoms in total. The van der Waals surface area contributed by atoms with E-state index in [1.165, 1.54) is 24.3 Å². The van der Waals surface area contributed by atoms with Crippen molar-refractivity contribution in [1.29, 1.82) is 0 Å². The molecule has 198 valence electrons. The quantitative estimate of drug-likeness (QED) is 0.402. The van der Waals surface area contributed by atoms with E-state index < -0.39 is 52.5 Å². The summed E-state index contributed by atoms with van der Waals surface area (Å²) in [5.74, 6) is -3.34. The lowest BCUT2D eigenvalue weighted by atomic mass is 9.62. The molecule has 1 saturated heterocycles. The van der Waals surface area contributed by atoms with Gasteiger partial charge in [0, 0.05) is 29.6 Å². The summed E-state index contributed by atoms with van der Waals surface area (Å²) in [6.45, 7) is 7.72. The van der Waals surface area contributed by atoms with Crippen LogP contribution in [0.2, 0.25) is 5.02 Å². The predicted molar refractivity (Wildman–Crippen MR) is 134 cm³/mol. The lowest BCUT2D eigenvalue weighted by Gasteiger charge is -2.42. The average Bonchev–Trinajstić information content (AvgIpc) is 3.23. The second-order valence-corrected chi connectivity index (χ2v) is 12.5. The highest BCUT2D eigenvalue weighted by Gasteiger charge is 2.68. The van der Waals surface area contributed by atoms with Gasteiger partial charge in [-0.25, -0.2) is 8.78 Å². The van der Waals surface area contributed by atoms with Gasteiger partial charge in [0.25, 0.3) is 0 Å². The number of hydrogen-bond donors (Lipinski definition) is 3. The first-order valence-electron chi connectivity index (χ1n) is 12.5. The number of amides is 1. The zero-order chi connectivity index (χ0) is 26.9. The summed E-state index contributed by atoms with van der Waals surface area (Å²) < 4.78 is 35.4. The van der Waals surface area contributed by atoms with E-state index in [1.54, 1.807) is 13.0 Å². The molecule has 0 bridgehead atoms. The van der Waals surface area contributed by atoms with Gasteiger partial charge in [0.2, 0.25) is 5.91 Å². The van der Waals surface area contributed by atoms with E-state index >= 15 is 4.39 Å². The maximum Gasteiger partial charge on any atom is 0.324 e. The molecule has 0 unspecified atom stereocenters. The summed E-state index contributed by atoms with van der Waals surface area (Å²) in [5.41, 5.74) is -2.13. The summed E-state index contributed by atoms with van der Waals surface area (Å²) in [4.78, 5) is 27.6. The number of rotatable bonds is 4. The van der Waals surface area contributed by atoms with Crippen LogP contribution in [-0.2, 0) is 15.0 Å². The Morgan fingerprint density at radius 2 is 1.95 bits per heavy atom. The lowest BCUT2D eigenvalue weighted by Crippen LogP contribution is -2.57. The number of nitrogens with one attached hydrogen (secondary N) is 2. The van der Waals surface area contributed by atoms with Crippen LogP contribution in [0.5, 0.6) is 5.75 Å². The van der Waals surface area contributed by atoms with Gasteiger partial charge in [-0.2, -0.15) is 0 Å². The molecule has 37 heavy (non-hydrogen) atoms. The molecule has 2 aromatic rings. The molecule has 3 N–H and O–H groups in total. The Bertz CT molecular complexity index is 1270. The van der Waals surface area contributed by atoms with Crippen molar-refractivity contribution in [3.8, 4) is 5.75 Å². The van der Waals surface area contributed by atoms with Crippen LogP contribution in [-0.4, -0.2) is 40.7 Å². The van der Waals surface area contributed by atoms with Crippen molar-refractivity contribution in [3.63, 3.8) is 0 Å². The van der Waals surface area contributed by atoms with Gasteiger partial charge in [-0.1, -0.05) is 50.6 Å². The Morgan fingerprint density at radius 3 is 2.59 bits per heavy atom. The number of benzene rings is 2. The van der Waals surface area contributed by atoms with Crippen molar-refractivity contribution in [2.24, 2.45) is 5.41 Å². The zero-order valence-corrected chi connectivity index (χ0v) is 22.0. The van der Waals surface area contributed by atoms with Gasteiger partial charge in [0.15, 0.2) is 0 Å². The molecule has 3 aliphatic rings. The van der Waals surface area contributed by atoms with Crippen molar-refractivity contribution in [1.82, 2.24) is 10.6 Å². The maximum atomic E-state index is 15.7. The van der Waals surface area contributed by atoms with Crippen LogP contribution < -0.4 is 15.4 Å². The van der Waals surface area contributed by atoms with Crippen LogP contribution in [0, 0.1) is 17.0 Å². The molecule has 2 aliphatic heterocycles. The van der Waals surface area contributed by atoms with Crippen molar-refractivity contribution in [3.05, 3.63) is 64.2 Å². The molecule has 1 aliphatic carbocycles. The monoisotopic (exact) mass is 532 g/mol. The van der Waals surface area contributed by atoms with E-state index in [-0.39, 0.29) is 27.8 Å². The Morgan fingerprint density at radius 1 is 1.24 bits per heavy atom. The lowest BCUT2D eigenvalue weighted by molar-refractivity contribution is -0.139. The smallest absolute Gasteiger partial charge is 0.324 e. The molecule has 1 amide bonds. The van der Waals surface area contributed by atoms with Crippen LogP contribution in [0.1, 0.15) is 64.0 Å². The minimum absolute atomic E-state index is 0.0641. The van der Waals surface area contributed by atoms with E-state index in [9.17, 15) is 19.1 Å². The summed E-state index contributed by atoms with van der Waals surface area (Å²) in [6, 6.07) is 6.49. The number of halogens is 3. The number of carbonyl (C=O) groups is 2. The number of esters is 1. The molecular formula is C28H31ClF2N2O4. The summed E-state index contributed by atoms with van der Waals surface area (Å²) in [7, 11) is 0. The fraction of sp³-hybridized carbons (Fsp3) is 0.500. The Hall–Kier alpha value is -2.55. The molecule has 5 rings (SSSR count). The first kappa shape index (κ1) is 26.1. The number of fused-ring (bicyclic) bond motifs is 2. The van der Waals surface area contributed by atoms with E-state index in [1.807, 2.05) is 20.8 Å². The van der Waals surface area contributed by atoms with Gasteiger partial charge in [0.1, 0.15) is 22.8 Å². The molecule has 1 spiro atoms. The first-order chi connectivity index (χ1) is 17.2. The van der Waals surface area contributed by atoms with Crippen LogP contribution in [0.4, 0.5) is 8.78 Å². The molecule has 4 atom stereocenters. The second kappa shape index (κ2) is 8.75. The van der Waals surface area contributed by atoms with Gasteiger partial charge < -0.3 is 20.5 Å². The highest BCUT2D eigenvalue weighted by atomic mass is 35.5. The van der Waals surface area contributed by atoms with E-state index in [2.05, 4.69) is 10.6 Å². The van der Waals surface area contributed by atoms with Crippen LogP contribution in [0.15, 0.2) is 36.4 Å². The molecular weight excluding hydrogens is 502 g/mol. The van der Waals surface area contributed by atoms with Crippen LogP contribution in [0.25, 0.3) is 0 Å². The third-order valence-electron chi connectivity index (χ3n) is 7.82. The number of hydrogen-bond acceptors (Lipinski definition) is 5. The largest absolute Gasteiger partial charge is 0.425 e. The fourth-order valence-electron chi connectivity index (χ4n) is 6.40. The molecule has 2 heterocycles. The second-order valence-electron chi connectivity index (χ2n) is 12.1. The van der Waals surface area contributed by atoms with Crippen molar-refractivity contribution in [2.45, 2.75) is 82.0 Å². The topological polar surface area (TPSA) is 87.7 Å². The predicted octanol–water partition coefficient (Wildman–Crippen LogP) is 4.37. The van der Waals surface area contributed by atoms with Gasteiger partial charge >= 0.3 is 5.97 Å². The summed E-state index contributed by atoms with van der Waals surface area (Å²) in [6.07, 6.45) is 1.23. The molecule has 2 fully saturated rings. The highest BCUT2D eigenvalue weighted by Crippen LogP contribution is 2.57. The normalized spacial score (nSPS) is 32.7. The Kier molecular flexibility index (Phi) is 6.17. The van der Waals surface area contributed by atoms with Crippen molar-refractivity contribution >= 4 is 23.5 Å². The fourth-order valence-corrected chi connectivity index (χ4v) is 6.59. The number of aliphatic hydroxyl groups is 1. The number of ether oxygens (including phenoxy) is 1. The highest BCUT2D eigenvalue weighted by molar-refractivity contribution is 6.30. The van der Waals surface area contributed by atoms with Crippen LogP contribution in [0.3, 0.4) is 0 Å². The average molecular weight is 533 g/mol. The minimum atomic E-state index is -1.51. The molecule has 9 heteroatoms. The molecule has 1 saturated carbocycles. The third kappa shape index (κ3) is 4.33. The van der Waals surface area contributed by atoms with E-state index in [4.69, 9.17) is 16.3 Å². The van der Waals surface area contributed by atoms with Gasteiger partial charge in [0.05, 0.1) is 16.7 Å². The SMILES string of the molecule is CC(C)(C)C[C@H]1N[C@@H](C(=O)N[C@H]2C[C@@](C)(O)C2)[C@H](c2cccc(Cl)c2F)[C@@]12C(=O)Oc1cc(F)ccc12. The molecule has 2 aromatic carbocycles. The van der Waals surface area contributed by atoms with Gasteiger partial charge in [-0.05, 0) is 49.3 Å². The van der Waals surface area contributed by atoms with Gasteiger partial charge in [-0.15, -0.1) is 0 Å².